The van der Waals surface area contributed by atoms with Crippen molar-refractivity contribution >= 4 is 5.91 Å². The van der Waals surface area contributed by atoms with Crippen molar-refractivity contribution in [1.82, 2.24) is 24.9 Å². The first-order valence-corrected chi connectivity index (χ1v) is 11.0. The van der Waals surface area contributed by atoms with Gasteiger partial charge >= 0.3 is 6.18 Å². The lowest BCUT2D eigenvalue weighted by atomic mass is 9.98. The maximum Gasteiger partial charge on any atom is 0.420 e. The van der Waals surface area contributed by atoms with Gasteiger partial charge in [0.1, 0.15) is 17.5 Å². The van der Waals surface area contributed by atoms with Crippen LogP contribution in [0.5, 0.6) is 5.88 Å². The van der Waals surface area contributed by atoms with Crippen molar-refractivity contribution in [2.75, 3.05) is 0 Å². The number of likely N-dealkylation sites (tertiary alicyclic amines) is 1. The number of nitrogens with zero attached hydrogens (tertiary/aromatic N) is 5. The topological polar surface area (TPSA) is 73.1 Å². The average molecular weight is 493 g/mol. The molecule has 0 spiro atoms. The van der Waals surface area contributed by atoms with E-state index in [0.717, 1.165) is 6.07 Å². The normalized spacial score (nSPS) is 23.7. The second-order valence-corrected chi connectivity index (χ2v) is 8.75. The number of hydrogen-bond acceptors (Lipinski definition) is 5. The van der Waals surface area contributed by atoms with Gasteiger partial charge in [0, 0.05) is 12.1 Å². The summed E-state index contributed by atoms with van der Waals surface area (Å²) in [6, 6.07) is 5.10. The third-order valence-electron chi connectivity index (χ3n) is 6.69. The van der Waals surface area contributed by atoms with Crippen LogP contribution in [0.15, 0.2) is 42.7 Å². The number of rotatable bonds is 5. The number of carbonyl (C=O) groups is 1. The maximum atomic E-state index is 14.0. The Labute approximate surface area is 196 Å². The van der Waals surface area contributed by atoms with Gasteiger partial charge in [0.25, 0.3) is 0 Å². The lowest BCUT2D eigenvalue weighted by Gasteiger charge is -2.38. The van der Waals surface area contributed by atoms with Gasteiger partial charge < -0.3 is 9.64 Å². The van der Waals surface area contributed by atoms with Crippen molar-refractivity contribution in [3.63, 3.8) is 0 Å². The minimum absolute atomic E-state index is 0.105. The van der Waals surface area contributed by atoms with E-state index in [1.807, 2.05) is 6.92 Å². The molecule has 1 saturated carbocycles. The van der Waals surface area contributed by atoms with Crippen molar-refractivity contribution in [2.45, 2.75) is 50.6 Å². The first-order valence-electron chi connectivity index (χ1n) is 11.0. The third kappa shape index (κ3) is 4.32. The first-order chi connectivity index (χ1) is 16.6. The van der Waals surface area contributed by atoms with Crippen molar-refractivity contribution in [2.24, 2.45) is 5.92 Å². The number of carbonyl (C=O) groups excluding carboxylic acids is 1. The molecule has 4 atom stereocenters. The molecule has 3 heterocycles. The average Bonchev–Trinajstić information content (AvgIpc) is 3.50. The molecule has 0 unspecified atom stereocenters. The molecule has 3 aromatic rings. The third-order valence-corrected chi connectivity index (χ3v) is 6.69. The summed E-state index contributed by atoms with van der Waals surface area (Å²) < 4.78 is 72.1. The van der Waals surface area contributed by atoms with Gasteiger partial charge in [0.15, 0.2) is 0 Å². The molecule has 1 aliphatic carbocycles. The van der Waals surface area contributed by atoms with E-state index in [2.05, 4.69) is 15.2 Å². The van der Waals surface area contributed by atoms with Gasteiger partial charge in [-0.25, -0.2) is 4.39 Å². The predicted octanol–water partition coefficient (Wildman–Crippen LogP) is 3.96. The van der Waals surface area contributed by atoms with E-state index in [9.17, 15) is 26.7 Å². The number of ether oxygens (including phenoxy) is 1. The molecule has 1 aliphatic heterocycles. The second-order valence-electron chi connectivity index (χ2n) is 8.75. The number of halogens is 5. The van der Waals surface area contributed by atoms with Crippen LogP contribution in [0.2, 0.25) is 0 Å². The Bertz CT molecular complexity index is 1250. The van der Waals surface area contributed by atoms with Crippen LogP contribution < -0.4 is 4.74 Å². The summed E-state index contributed by atoms with van der Waals surface area (Å²) >= 11 is 0. The van der Waals surface area contributed by atoms with E-state index < -0.39 is 29.6 Å². The Morgan fingerprint density at radius 2 is 1.86 bits per heavy atom. The van der Waals surface area contributed by atoms with Crippen molar-refractivity contribution < 1.29 is 31.5 Å². The molecule has 12 heteroatoms. The molecule has 35 heavy (non-hydrogen) atoms. The number of alkyl halides is 3. The zero-order valence-electron chi connectivity index (χ0n) is 18.4. The van der Waals surface area contributed by atoms with Gasteiger partial charge in [-0.15, -0.1) is 0 Å². The molecular weight excluding hydrogens is 473 g/mol. The number of pyridine rings is 1. The highest BCUT2D eigenvalue weighted by molar-refractivity contribution is 5.81. The molecule has 2 aliphatic rings. The number of amides is 1. The van der Waals surface area contributed by atoms with Gasteiger partial charge in [0.2, 0.25) is 17.7 Å². The van der Waals surface area contributed by atoms with Crippen molar-refractivity contribution in [3.8, 4) is 11.6 Å². The predicted molar refractivity (Wildman–Crippen MR) is 111 cm³/mol. The largest absolute Gasteiger partial charge is 0.472 e. The Morgan fingerprint density at radius 1 is 1.11 bits per heavy atom. The summed E-state index contributed by atoms with van der Waals surface area (Å²) in [5.41, 5.74) is -0.593. The standard InChI is InChI=1S/C23H20F5N5O2/c1-12-13-9-18(19(10-13)35-20-5-3-16(22(25)31-20)23(26,27)28)32(12)21(34)11-14-8-15(24)2-4-17(14)33-29-6-7-30-33/h2-8,12-13,18-19H,9-11H2,1H3/t12-,13-,18+,19-/m1/s1. The molecule has 1 amide bonds. The highest BCUT2D eigenvalue weighted by atomic mass is 19.4. The summed E-state index contributed by atoms with van der Waals surface area (Å²) in [7, 11) is 0. The Kier molecular flexibility index (Phi) is 5.68. The fourth-order valence-corrected chi connectivity index (χ4v) is 5.10. The van der Waals surface area contributed by atoms with Crippen LogP contribution in [0, 0.1) is 17.7 Å². The SMILES string of the molecule is C[C@@H]1[C@H]2C[C@@H](Oc3ccc(C(F)(F)F)c(F)n3)[C@H](C2)N1C(=O)Cc1cc(F)ccc1-n1nccn1. The van der Waals surface area contributed by atoms with Gasteiger partial charge in [-0.05, 0) is 55.5 Å². The summed E-state index contributed by atoms with van der Waals surface area (Å²) in [4.78, 5) is 19.6. The van der Waals surface area contributed by atoms with Gasteiger partial charge in [0.05, 0.1) is 30.5 Å². The highest BCUT2D eigenvalue weighted by Gasteiger charge is 2.52. The van der Waals surface area contributed by atoms with Gasteiger partial charge in [-0.1, -0.05) is 0 Å². The summed E-state index contributed by atoms with van der Waals surface area (Å²) in [5, 5.41) is 8.10. The Balaban J connectivity index is 1.34. The molecular formula is C23H20F5N5O2. The van der Waals surface area contributed by atoms with Gasteiger partial charge in [-0.2, -0.15) is 37.5 Å². The molecule has 0 radical (unpaired) electrons. The molecule has 184 valence electrons. The second kappa shape index (κ2) is 8.58. The van der Waals surface area contributed by atoms with E-state index in [1.54, 1.807) is 4.90 Å². The molecule has 1 saturated heterocycles. The number of piperidine rings is 1. The summed E-state index contributed by atoms with van der Waals surface area (Å²) in [6.07, 6.45) is -1.39. The van der Waals surface area contributed by atoms with Crippen LogP contribution in [0.1, 0.15) is 30.9 Å². The molecule has 5 rings (SSSR count). The van der Waals surface area contributed by atoms with Crippen LogP contribution in [0.3, 0.4) is 0 Å². The minimum atomic E-state index is -4.86. The number of hydrogen-bond donors (Lipinski definition) is 0. The molecule has 2 bridgehead atoms. The lowest BCUT2D eigenvalue weighted by Crippen LogP contribution is -2.51. The minimum Gasteiger partial charge on any atom is -0.472 e. The number of aromatic nitrogens is 4. The highest BCUT2D eigenvalue weighted by Crippen LogP contribution is 2.44. The first kappa shape index (κ1) is 23.2. The molecule has 0 N–H and O–H groups in total. The van der Waals surface area contributed by atoms with E-state index in [0.29, 0.717) is 30.2 Å². The van der Waals surface area contributed by atoms with Crippen molar-refractivity contribution in [3.05, 3.63) is 65.6 Å². The zero-order chi connectivity index (χ0) is 24.9. The maximum absolute atomic E-state index is 14.0. The van der Waals surface area contributed by atoms with E-state index in [-0.39, 0.29) is 36.2 Å². The lowest BCUT2D eigenvalue weighted by molar-refractivity contribution is -0.141. The monoisotopic (exact) mass is 493 g/mol. The van der Waals surface area contributed by atoms with Crippen molar-refractivity contribution in [1.29, 1.82) is 0 Å². The zero-order valence-corrected chi connectivity index (χ0v) is 18.4. The van der Waals surface area contributed by atoms with E-state index in [4.69, 9.17) is 4.74 Å². The Hall–Kier alpha value is -3.57. The van der Waals surface area contributed by atoms with Crippen LogP contribution in [0.25, 0.3) is 5.69 Å². The van der Waals surface area contributed by atoms with Crippen LogP contribution in [0.4, 0.5) is 22.0 Å². The molecule has 7 nitrogen and oxygen atoms in total. The van der Waals surface area contributed by atoms with Gasteiger partial charge in [-0.3, -0.25) is 4.79 Å². The van der Waals surface area contributed by atoms with Crippen LogP contribution in [-0.4, -0.2) is 49.0 Å². The number of fused-ring (bicyclic) bond motifs is 2. The van der Waals surface area contributed by atoms with E-state index >= 15 is 0 Å². The molecule has 1 aromatic carbocycles. The smallest absolute Gasteiger partial charge is 0.420 e. The number of benzene rings is 1. The summed E-state index contributed by atoms with van der Waals surface area (Å²) in [5.74, 6) is -2.59. The molecule has 2 fully saturated rings. The fraction of sp³-hybridized carbons (Fsp3) is 0.391. The Morgan fingerprint density at radius 3 is 2.51 bits per heavy atom. The molecule has 2 aromatic heterocycles. The van der Waals surface area contributed by atoms with Crippen LogP contribution in [-0.2, 0) is 17.4 Å². The van der Waals surface area contributed by atoms with E-state index in [1.165, 1.54) is 35.4 Å². The summed E-state index contributed by atoms with van der Waals surface area (Å²) in [6.45, 7) is 1.91. The van der Waals surface area contributed by atoms with Crippen LogP contribution >= 0.6 is 0 Å². The quantitative estimate of drug-likeness (QED) is 0.398. The fourth-order valence-electron chi connectivity index (χ4n) is 5.10.